The third kappa shape index (κ3) is 4.22. The Bertz CT molecular complexity index is 260. The molecule has 3 heteroatoms. The minimum Gasteiger partial charge on any atom is -0.393 e. The van der Waals surface area contributed by atoms with E-state index >= 15 is 0 Å². The van der Waals surface area contributed by atoms with Crippen molar-refractivity contribution in [2.75, 3.05) is 6.54 Å². The van der Waals surface area contributed by atoms with Crippen molar-refractivity contribution in [1.29, 1.82) is 0 Å². The molecule has 1 aromatic carbocycles. The Kier molecular flexibility index (Phi) is 5.15. The fourth-order valence-corrected chi connectivity index (χ4v) is 1.59. The maximum atomic E-state index is 9.48. The van der Waals surface area contributed by atoms with E-state index in [1.165, 1.54) is 5.56 Å². The van der Waals surface area contributed by atoms with E-state index in [1.807, 2.05) is 12.1 Å². The molecular weight excluding hydrogens is 242 g/mol. The second-order valence-corrected chi connectivity index (χ2v) is 4.31. The molecule has 1 aromatic rings. The number of aryl methyl sites for hydroxylation is 1. The van der Waals surface area contributed by atoms with Gasteiger partial charge in [0.05, 0.1) is 6.10 Å². The maximum absolute atomic E-state index is 9.48. The maximum Gasteiger partial charge on any atom is 0.0555 e. The molecular formula is C11H16BrNO. The number of aliphatic hydroxyl groups excluding tert-OH is 1. The second kappa shape index (κ2) is 6.17. The van der Waals surface area contributed by atoms with E-state index in [2.05, 4.69) is 28.1 Å². The van der Waals surface area contributed by atoms with E-state index in [4.69, 9.17) is 5.73 Å². The molecule has 78 valence electrons. The Morgan fingerprint density at radius 2 is 1.86 bits per heavy atom. The minimum atomic E-state index is -0.261. The van der Waals surface area contributed by atoms with Crippen molar-refractivity contribution in [1.82, 2.24) is 0 Å². The summed E-state index contributed by atoms with van der Waals surface area (Å²) in [5.74, 6) is 0. The number of hydrogen-bond acceptors (Lipinski definition) is 2. The molecule has 0 fully saturated rings. The van der Waals surface area contributed by atoms with Crippen LogP contribution >= 0.6 is 15.9 Å². The molecule has 2 nitrogen and oxygen atoms in total. The molecule has 0 aromatic heterocycles. The van der Waals surface area contributed by atoms with Crippen LogP contribution in [0.1, 0.15) is 18.4 Å². The number of aliphatic hydroxyl groups is 1. The zero-order chi connectivity index (χ0) is 10.4. The Balaban J connectivity index is 2.34. The first kappa shape index (κ1) is 11.7. The lowest BCUT2D eigenvalue weighted by atomic mass is 10.1. The molecule has 0 spiro atoms. The summed E-state index contributed by atoms with van der Waals surface area (Å²) >= 11 is 3.38. The number of rotatable bonds is 5. The molecule has 0 amide bonds. The monoisotopic (exact) mass is 257 g/mol. The van der Waals surface area contributed by atoms with Crippen LogP contribution in [0.15, 0.2) is 28.7 Å². The summed E-state index contributed by atoms with van der Waals surface area (Å²) in [4.78, 5) is 0. The molecule has 0 aliphatic heterocycles. The van der Waals surface area contributed by atoms with E-state index in [1.54, 1.807) is 0 Å². The van der Waals surface area contributed by atoms with Crippen LogP contribution in [0.25, 0.3) is 0 Å². The molecule has 0 aliphatic rings. The van der Waals surface area contributed by atoms with Crippen LogP contribution in [-0.4, -0.2) is 17.8 Å². The van der Waals surface area contributed by atoms with E-state index < -0.39 is 0 Å². The van der Waals surface area contributed by atoms with Gasteiger partial charge in [0.1, 0.15) is 0 Å². The number of hydrogen-bond donors (Lipinski definition) is 2. The van der Waals surface area contributed by atoms with Crippen LogP contribution in [0, 0.1) is 0 Å². The molecule has 1 atom stereocenters. The first-order valence-electron chi connectivity index (χ1n) is 4.85. The SMILES string of the molecule is NCC[C@@H](O)CCc1ccc(Br)cc1. The molecule has 1 rings (SSSR count). The summed E-state index contributed by atoms with van der Waals surface area (Å²) in [5.41, 5.74) is 6.61. The largest absolute Gasteiger partial charge is 0.393 e. The Morgan fingerprint density at radius 1 is 1.21 bits per heavy atom. The van der Waals surface area contributed by atoms with Gasteiger partial charge in [0, 0.05) is 4.47 Å². The highest BCUT2D eigenvalue weighted by molar-refractivity contribution is 9.10. The fourth-order valence-electron chi connectivity index (χ4n) is 1.32. The van der Waals surface area contributed by atoms with Crippen molar-refractivity contribution in [3.63, 3.8) is 0 Å². The van der Waals surface area contributed by atoms with Gasteiger partial charge in [-0.25, -0.2) is 0 Å². The highest BCUT2D eigenvalue weighted by atomic mass is 79.9. The quantitative estimate of drug-likeness (QED) is 0.849. The zero-order valence-electron chi connectivity index (χ0n) is 8.12. The summed E-state index contributed by atoms with van der Waals surface area (Å²) in [5, 5.41) is 9.48. The van der Waals surface area contributed by atoms with Crippen LogP contribution in [0.2, 0.25) is 0 Å². The fraction of sp³-hybridized carbons (Fsp3) is 0.455. The topological polar surface area (TPSA) is 46.2 Å². The molecule has 0 radical (unpaired) electrons. The number of nitrogens with two attached hydrogens (primary N) is 1. The molecule has 0 saturated heterocycles. The average Bonchev–Trinajstić information content (AvgIpc) is 2.17. The summed E-state index contributed by atoms with van der Waals surface area (Å²) < 4.78 is 1.09. The first-order valence-corrected chi connectivity index (χ1v) is 5.64. The van der Waals surface area contributed by atoms with E-state index in [9.17, 15) is 5.11 Å². The van der Waals surface area contributed by atoms with Gasteiger partial charge in [0.15, 0.2) is 0 Å². The Labute approximate surface area is 93.3 Å². The molecule has 3 N–H and O–H groups in total. The van der Waals surface area contributed by atoms with Crippen molar-refractivity contribution in [3.05, 3.63) is 34.3 Å². The van der Waals surface area contributed by atoms with Gasteiger partial charge in [-0.2, -0.15) is 0 Å². The molecule has 0 aliphatic carbocycles. The summed E-state index contributed by atoms with van der Waals surface area (Å²) in [6.07, 6.45) is 2.13. The van der Waals surface area contributed by atoms with Crippen LogP contribution < -0.4 is 5.73 Å². The van der Waals surface area contributed by atoms with Crippen molar-refractivity contribution in [2.24, 2.45) is 5.73 Å². The Hall–Kier alpha value is -0.380. The second-order valence-electron chi connectivity index (χ2n) is 3.40. The number of halogens is 1. The third-order valence-corrected chi connectivity index (χ3v) is 2.71. The van der Waals surface area contributed by atoms with Crippen LogP contribution in [-0.2, 0) is 6.42 Å². The zero-order valence-corrected chi connectivity index (χ0v) is 9.70. The molecule has 14 heavy (non-hydrogen) atoms. The normalized spacial score (nSPS) is 12.8. The van der Waals surface area contributed by atoms with Gasteiger partial charge in [-0.15, -0.1) is 0 Å². The van der Waals surface area contributed by atoms with Crippen molar-refractivity contribution >= 4 is 15.9 Å². The van der Waals surface area contributed by atoms with Crippen LogP contribution in [0.4, 0.5) is 0 Å². The van der Waals surface area contributed by atoms with Crippen molar-refractivity contribution in [2.45, 2.75) is 25.4 Å². The molecule has 0 saturated carbocycles. The van der Waals surface area contributed by atoms with Gasteiger partial charge in [0.2, 0.25) is 0 Å². The van der Waals surface area contributed by atoms with Gasteiger partial charge in [-0.3, -0.25) is 0 Å². The predicted octanol–water partition coefficient (Wildman–Crippen LogP) is 2.09. The Morgan fingerprint density at radius 3 is 2.43 bits per heavy atom. The van der Waals surface area contributed by atoms with E-state index in [-0.39, 0.29) is 6.10 Å². The van der Waals surface area contributed by atoms with Gasteiger partial charge in [-0.05, 0) is 43.5 Å². The highest BCUT2D eigenvalue weighted by Crippen LogP contribution is 2.12. The van der Waals surface area contributed by atoms with Crippen molar-refractivity contribution < 1.29 is 5.11 Å². The lowest BCUT2D eigenvalue weighted by Gasteiger charge is -2.08. The summed E-state index contributed by atoms with van der Waals surface area (Å²) in [7, 11) is 0. The van der Waals surface area contributed by atoms with Crippen LogP contribution in [0.3, 0.4) is 0 Å². The standard InChI is InChI=1S/C11H16BrNO/c12-10-4-1-9(2-5-10)3-6-11(14)7-8-13/h1-2,4-5,11,14H,3,6-8,13H2/t11-/m0/s1. The minimum absolute atomic E-state index is 0.261. The van der Waals surface area contributed by atoms with Crippen molar-refractivity contribution in [3.8, 4) is 0 Å². The van der Waals surface area contributed by atoms with Gasteiger partial charge in [0.25, 0.3) is 0 Å². The van der Waals surface area contributed by atoms with E-state index in [0.29, 0.717) is 13.0 Å². The summed E-state index contributed by atoms with van der Waals surface area (Å²) in [6, 6.07) is 8.17. The molecule has 0 bridgehead atoms. The third-order valence-electron chi connectivity index (χ3n) is 2.18. The smallest absolute Gasteiger partial charge is 0.0555 e. The average molecular weight is 258 g/mol. The highest BCUT2D eigenvalue weighted by Gasteiger charge is 2.02. The summed E-state index contributed by atoms with van der Waals surface area (Å²) in [6.45, 7) is 0.557. The van der Waals surface area contributed by atoms with Gasteiger partial charge >= 0.3 is 0 Å². The van der Waals surface area contributed by atoms with Gasteiger partial charge < -0.3 is 10.8 Å². The van der Waals surface area contributed by atoms with E-state index in [0.717, 1.165) is 17.3 Å². The first-order chi connectivity index (χ1) is 6.72. The predicted molar refractivity (Wildman–Crippen MR) is 62.1 cm³/mol. The molecule has 0 unspecified atom stereocenters. The van der Waals surface area contributed by atoms with Gasteiger partial charge in [-0.1, -0.05) is 28.1 Å². The lowest BCUT2D eigenvalue weighted by Crippen LogP contribution is -2.14. The van der Waals surface area contributed by atoms with Crippen LogP contribution in [0.5, 0.6) is 0 Å². The molecule has 0 heterocycles. The number of benzene rings is 1. The lowest BCUT2D eigenvalue weighted by molar-refractivity contribution is 0.157.